The lowest BCUT2D eigenvalue weighted by Gasteiger charge is -2.15. The van der Waals surface area contributed by atoms with Crippen LogP contribution >= 0.6 is 0 Å². The molecule has 2 aromatic heterocycles. The smallest absolute Gasteiger partial charge is 0.307 e. The van der Waals surface area contributed by atoms with Crippen molar-refractivity contribution in [3.63, 3.8) is 0 Å². The minimum Gasteiger partial charge on any atom is -0.354 e. The molecule has 2 aromatic rings. The van der Waals surface area contributed by atoms with Gasteiger partial charge in [0.1, 0.15) is 18.4 Å². The van der Waals surface area contributed by atoms with Gasteiger partial charge in [-0.05, 0) is 25.8 Å². The highest BCUT2D eigenvalue weighted by Gasteiger charge is 2.21. The average molecular weight is 320 g/mol. The third kappa shape index (κ3) is 4.38. The number of hydrogen-bond acceptors (Lipinski definition) is 5. The number of hydrogen-bond donors (Lipinski definition) is 1. The normalized spacial score (nSPS) is 12.1. The Bertz CT molecular complexity index is 678. The van der Waals surface area contributed by atoms with Crippen LogP contribution in [0.4, 0.5) is 5.69 Å². The molecule has 0 radical (unpaired) electrons. The van der Waals surface area contributed by atoms with E-state index in [4.69, 9.17) is 0 Å². The highest BCUT2D eigenvalue weighted by Crippen LogP contribution is 2.15. The van der Waals surface area contributed by atoms with Crippen molar-refractivity contribution >= 4 is 11.6 Å². The van der Waals surface area contributed by atoms with Gasteiger partial charge in [-0.15, -0.1) is 0 Å². The molecule has 9 heteroatoms. The summed E-state index contributed by atoms with van der Waals surface area (Å²) in [5, 5.41) is 21.7. The number of carbonyl (C=O) groups excluding carboxylic acids is 1. The lowest BCUT2D eigenvalue weighted by Crippen LogP contribution is -2.33. The summed E-state index contributed by atoms with van der Waals surface area (Å²) in [6.07, 6.45) is 5.58. The summed E-state index contributed by atoms with van der Waals surface area (Å²) in [5.41, 5.74) is 0.839. The number of rotatable bonds is 8. The molecule has 0 aliphatic carbocycles. The Morgan fingerprint density at radius 3 is 2.87 bits per heavy atom. The first-order chi connectivity index (χ1) is 11.0. The van der Waals surface area contributed by atoms with E-state index < -0.39 is 11.0 Å². The summed E-state index contributed by atoms with van der Waals surface area (Å²) in [4.78, 5) is 22.4. The third-order valence-corrected chi connectivity index (χ3v) is 3.44. The van der Waals surface area contributed by atoms with Gasteiger partial charge in [-0.3, -0.25) is 24.3 Å². The van der Waals surface area contributed by atoms with Gasteiger partial charge in [0.2, 0.25) is 5.91 Å². The molecule has 0 saturated heterocycles. The molecule has 0 saturated carbocycles. The van der Waals surface area contributed by atoms with Crippen molar-refractivity contribution in [2.24, 2.45) is 0 Å². The molecule has 23 heavy (non-hydrogen) atoms. The summed E-state index contributed by atoms with van der Waals surface area (Å²) < 4.78 is 3.17. The molecule has 1 N–H and O–H groups in total. The van der Waals surface area contributed by atoms with Crippen molar-refractivity contribution in [2.45, 2.75) is 39.3 Å². The second kappa shape index (κ2) is 7.52. The molecule has 1 unspecified atom stereocenters. The van der Waals surface area contributed by atoms with Crippen LogP contribution in [0.15, 0.2) is 24.7 Å². The summed E-state index contributed by atoms with van der Waals surface area (Å²) in [5.74, 6) is -0.192. The summed E-state index contributed by atoms with van der Waals surface area (Å²) in [7, 11) is 0. The molecule has 0 aromatic carbocycles. The van der Waals surface area contributed by atoms with E-state index in [2.05, 4.69) is 15.5 Å². The Morgan fingerprint density at radius 1 is 1.52 bits per heavy atom. The van der Waals surface area contributed by atoms with Crippen LogP contribution in [0.1, 0.15) is 31.5 Å². The van der Waals surface area contributed by atoms with E-state index in [-0.39, 0.29) is 11.6 Å². The zero-order valence-corrected chi connectivity index (χ0v) is 13.2. The van der Waals surface area contributed by atoms with Crippen LogP contribution < -0.4 is 5.32 Å². The minimum atomic E-state index is -0.546. The van der Waals surface area contributed by atoms with Crippen molar-refractivity contribution in [1.29, 1.82) is 0 Å². The van der Waals surface area contributed by atoms with Gasteiger partial charge in [0.15, 0.2) is 0 Å². The minimum absolute atomic E-state index is 0.120. The molecule has 0 bridgehead atoms. The molecular formula is C14H20N6O3. The highest BCUT2D eigenvalue weighted by molar-refractivity contribution is 5.80. The lowest BCUT2D eigenvalue weighted by atomic mass is 10.2. The molecule has 0 fully saturated rings. The van der Waals surface area contributed by atoms with Crippen LogP contribution in [0, 0.1) is 17.0 Å². The van der Waals surface area contributed by atoms with E-state index in [9.17, 15) is 14.9 Å². The number of aryl methyl sites for hydroxylation is 2. The van der Waals surface area contributed by atoms with Gasteiger partial charge in [0.25, 0.3) is 0 Å². The maximum atomic E-state index is 12.2. The predicted molar refractivity (Wildman–Crippen MR) is 82.8 cm³/mol. The Morgan fingerprint density at radius 2 is 2.30 bits per heavy atom. The molecule has 0 aliphatic heterocycles. The van der Waals surface area contributed by atoms with E-state index in [1.807, 2.05) is 30.8 Å². The zero-order chi connectivity index (χ0) is 16.8. The molecule has 2 heterocycles. The monoisotopic (exact) mass is 320 g/mol. The van der Waals surface area contributed by atoms with Crippen molar-refractivity contribution < 1.29 is 9.72 Å². The van der Waals surface area contributed by atoms with E-state index in [0.29, 0.717) is 13.0 Å². The maximum Gasteiger partial charge on any atom is 0.307 e. The Labute approximate surface area is 133 Å². The second-order valence-electron chi connectivity index (χ2n) is 5.22. The quantitative estimate of drug-likeness (QED) is 0.450. The first-order valence-electron chi connectivity index (χ1n) is 7.47. The largest absolute Gasteiger partial charge is 0.354 e. The summed E-state index contributed by atoms with van der Waals surface area (Å²) >= 11 is 0. The van der Waals surface area contributed by atoms with Crippen LogP contribution in [0.25, 0.3) is 0 Å². The molecule has 124 valence electrons. The van der Waals surface area contributed by atoms with Gasteiger partial charge in [-0.1, -0.05) is 6.92 Å². The van der Waals surface area contributed by atoms with Gasteiger partial charge in [0.05, 0.1) is 10.6 Å². The molecule has 1 atom stereocenters. The molecule has 9 nitrogen and oxygen atoms in total. The predicted octanol–water partition coefficient (Wildman–Crippen LogP) is 1.45. The highest BCUT2D eigenvalue weighted by atomic mass is 16.6. The number of amides is 1. The van der Waals surface area contributed by atoms with Crippen LogP contribution in [-0.2, 0) is 11.3 Å². The van der Waals surface area contributed by atoms with Crippen LogP contribution in [0.2, 0.25) is 0 Å². The standard InChI is InChI=1S/C14H20N6O3/c1-3-13(19-10-12(9-16-19)20(22)23)14(21)15-6-4-7-18-8-5-11(2)17-18/h5,8-10,13H,3-4,6-7H2,1-2H3,(H,15,21). The topological polar surface area (TPSA) is 108 Å². The average Bonchev–Trinajstić information content (AvgIpc) is 3.14. The van der Waals surface area contributed by atoms with Gasteiger partial charge in [-0.2, -0.15) is 10.2 Å². The fourth-order valence-electron chi connectivity index (χ4n) is 2.24. The van der Waals surface area contributed by atoms with Crippen molar-refractivity contribution in [3.8, 4) is 0 Å². The number of nitrogens with one attached hydrogen (secondary N) is 1. The van der Waals surface area contributed by atoms with Crippen LogP contribution in [0.3, 0.4) is 0 Å². The first-order valence-corrected chi connectivity index (χ1v) is 7.47. The third-order valence-electron chi connectivity index (χ3n) is 3.44. The van der Waals surface area contributed by atoms with E-state index in [1.165, 1.54) is 10.9 Å². The Hall–Kier alpha value is -2.71. The molecular weight excluding hydrogens is 300 g/mol. The van der Waals surface area contributed by atoms with E-state index >= 15 is 0 Å². The SMILES string of the molecule is CCC(C(=O)NCCCn1ccc(C)n1)n1cc([N+](=O)[O-])cn1. The Kier molecular flexibility index (Phi) is 5.45. The van der Waals surface area contributed by atoms with Gasteiger partial charge in [-0.25, -0.2) is 0 Å². The lowest BCUT2D eigenvalue weighted by molar-refractivity contribution is -0.385. The number of nitrogens with zero attached hydrogens (tertiary/aromatic N) is 5. The maximum absolute atomic E-state index is 12.2. The Balaban J connectivity index is 1.83. The van der Waals surface area contributed by atoms with Crippen molar-refractivity contribution in [1.82, 2.24) is 24.9 Å². The fraction of sp³-hybridized carbons (Fsp3) is 0.500. The molecule has 2 rings (SSSR count). The van der Waals surface area contributed by atoms with Crippen molar-refractivity contribution in [3.05, 3.63) is 40.5 Å². The van der Waals surface area contributed by atoms with Gasteiger partial charge >= 0.3 is 5.69 Å². The second-order valence-corrected chi connectivity index (χ2v) is 5.22. The van der Waals surface area contributed by atoms with E-state index in [1.54, 1.807) is 0 Å². The summed E-state index contributed by atoms with van der Waals surface area (Å²) in [6, 6.07) is 1.38. The molecule has 1 amide bonds. The first kappa shape index (κ1) is 16.7. The van der Waals surface area contributed by atoms with Crippen molar-refractivity contribution in [2.75, 3.05) is 6.54 Å². The summed E-state index contributed by atoms with van der Waals surface area (Å²) in [6.45, 7) is 4.99. The van der Waals surface area contributed by atoms with Gasteiger partial charge < -0.3 is 5.32 Å². The molecule has 0 spiro atoms. The number of carbonyl (C=O) groups is 1. The van der Waals surface area contributed by atoms with Gasteiger partial charge in [0, 0.05) is 19.3 Å². The molecule has 0 aliphatic rings. The number of aromatic nitrogens is 4. The van der Waals surface area contributed by atoms with Crippen LogP contribution in [0.5, 0.6) is 0 Å². The fourth-order valence-corrected chi connectivity index (χ4v) is 2.24. The zero-order valence-electron chi connectivity index (χ0n) is 13.2. The van der Waals surface area contributed by atoms with E-state index in [0.717, 1.165) is 24.9 Å². The number of nitro groups is 1. The van der Waals surface area contributed by atoms with Crippen LogP contribution in [-0.4, -0.2) is 36.9 Å².